The molecule has 78 valence electrons. The Hall–Kier alpha value is -0.260. The van der Waals surface area contributed by atoms with Gasteiger partial charge >= 0.3 is 0 Å². The lowest BCUT2D eigenvalue weighted by Gasteiger charge is -2.10. The molecule has 0 rings (SSSR count). The highest BCUT2D eigenvalue weighted by atomic mass is 14.1. The van der Waals surface area contributed by atoms with E-state index in [0.717, 1.165) is 5.92 Å². The van der Waals surface area contributed by atoms with Crippen molar-refractivity contribution in [3.05, 3.63) is 12.2 Å². The summed E-state index contributed by atoms with van der Waals surface area (Å²) in [6, 6.07) is 0. The lowest BCUT2D eigenvalue weighted by Crippen LogP contribution is -1.95. The van der Waals surface area contributed by atoms with Gasteiger partial charge in [0.1, 0.15) is 0 Å². The Morgan fingerprint density at radius 1 is 0.923 bits per heavy atom. The highest BCUT2D eigenvalue weighted by Gasteiger charge is 2.01. The number of rotatable bonds is 8. The molecule has 0 bridgehead atoms. The maximum Gasteiger partial charge on any atom is -0.0234 e. The molecule has 0 N–H and O–H groups in total. The van der Waals surface area contributed by atoms with Crippen molar-refractivity contribution in [2.75, 3.05) is 0 Å². The molecular weight excluding hydrogens is 156 g/mol. The third-order valence-corrected chi connectivity index (χ3v) is 2.48. The molecule has 0 radical (unpaired) electrons. The van der Waals surface area contributed by atoms with E-state index < -0.39 is 0 Å². The van der Waals surface area contributed by atoms with Gasteiger partial charge in [-0.2, -0.15) is 0 Å². The topological polar surface area (TPSA) is 0 Å². The van der Waals surface area contributed by atoms with Crippen LogP contribution in [0.1, 0.15) is 65.7 Å². The molecule has 0 aromatic heterocycles. The van der Waals surface area contributed by atoms with E-state index in [1.54, 1.807) is 0 Å². The average molecular weight is 182 g/mol. The van der Waals surface area contributed by atoms with Gasteiger partial charge in [-0.3, -0.25) is 0 Å². The molecule has 1 unspecified atom stereocenters. The highest BCUT2D eigenvalue weighted by Crippen LogP contribution is 2.17. The second kappa shape index (κ2) is 9.83. The van der Waals surface area contributed by atoms with Crippen molar-refractivity contribution in [2.45, 2.75) is 65.7 Å². The zero-order valence-electron chi connectivity index (χ0n) is 9.68. The van der Waals surface area contributed by atoms with E-state index in [0.29, 0.717) is 0 Å². The Bertz CT molecular complexity index is 113. The molecule has 0 aliphatic heterocycles. The summed E-state index contributed by atoms with van der Waals surface area (Å²) >= 11 is 0. The van der Waals surface area contributed by atoms with Gasteiger partial charge in [0.05, 0.1) is 0 Å². The fraction of sp³-hybridized carbons (Fsp3) is 0.846. The summed E-state index contributed by atoms with van der Waals surface area (Å²) in [6.45, 7) is 6.77. The van der Waals surface area contributed by atoms with Crippen LogP contribution in [0.25, 0.3) is 0 Å². The molecule has 0 aliphatic rings. The van der Waals surface area contributed by atoms with E-state index in [-0.39, 0.29) is 0 Å². The summed E-state index contributed by atoms with van der Waals surface area (Å²) in [5.74, 6) is 0.858. The van der Waals surface area contributed by atoms with Gasteiger partial charge in [0.15, 0.2) is 0 Å². The molecular formula is C13H26. The molecule has 0 saturated heterocycles. The Balaban J connectivity index is 3.59. The fourth-order valence-electron chi connectivity index (χ4n) is 1.69. The monoisotopic (exact) mass is 182 g/mol. The van der Waals surface area contributed by atoms with Crippen LogP contribution < -0.4 is 0 Å². The maximum absolute atomic E-state index is 2.43. The first-order chi connectivity index (χ1) is 6.35. The van der Waals surface area contributed by atoms with Gasteiger partial charge in [0.2, 0.25) is 0 Å². The smallest absolute Gasteiger partial charge is 0.0234 e. The molecule has 0 aromatic rings. The van der Waals surface area contributed by atoms with Crippen LogP contribution in [-0.4, -0.2) is 0 Å². The lowest BCUT2D eigenvalue weighted by atomic mass is 9.96. The Morgan fingerprint density at radius 2 is 1.69 bits per heavy atom. The van der Waals surface area contributed by atoms with Crippen molar-refractivity contribution in [1.29, 1.82) is 0 Å². The van der Waals surface area contributed by atoms with Gasteiger partial charge in [-0.1, -0.05) is 58.6 Å². The van der Waals surface area contributed by atoms with Crippen molar-refractivity contribution in [1.82, 2.24) is 0 Å². The van der Waals surface area contributed by atoms with E-state index in [4.69, 9.17) is 0 Å². The molecule has 0 saturated carbocycles. The molecule has 0 aliphatic carbocycles. The molecule has 0 amide bonds. The van der Waals surface area contributed by atoms with Gasteiger partial charge < -0.3 is 0 Å². The van der Waals surface area contributed by atoms with Crippen LogP contribution in [0.15, 0.2) is 12.2 Å². The van der Waals surface area contributed by atoms with Crippen LogP contribution in [0.2, 0.25) is 0 Å². The van der Waals surface area contributed by atoms with Crippen LogP contribution in [0.3, 0.4) is 0 Å². The number of unbranched alkanes of at least 4 members (excludes halogenated alkanes) is 2. The second-order valence-corrected chi connectivity index (χ2v) is 3.88. The molecule has 1 atom stereocenters. The standard InChI is InChI=1S/C13H26/c1-4-7-9-12-13(10-6-3)11-8-5-2/h8,11,13H,4-7,9-10,12H2,1-3H3/b11-8-. The van der Waals surface area contributed by atoms with Gasteiger partial charge in [0.25, 0.3) is 0 Å². The largest absolute Gasteiger partial charge is 0.0885 e. The SMILES string of the molecule is CC/C=C\C(CCC)CCCCC. The minimum atomic E-state index is 0.858. The van der Waals surface area contributed by atoms with Gasteiger partial charge in [-0.25, -0.2) is 0 Å². The lowest BCUT2D eigenvalue weighted by molar-refractivity contribution is 0.501. The van der Waals surface area contributed by atoms with Gasteiger partial charge in [-0.15, -0.1) is 0 Å². The summed E-state index contributed by atoms with van der Waals surface area (Å²) in [7, 11) is 0. The first-order valence-electron chi connectivity index (χ1n) is 6.01. The minimum absolute atomic E-state index is 0.858. The molecule has 0 fully saturated rings. The summed E-state index contributed by atoms with van der Waals surface area (Å²) in [6.07, 6.45) is 14.2. The minimum Gasteiger partial charge on any atom is -0.0885 e. The summed E-state index contributed by atoms with van der Waals surface area (Å²) in [5, 5.41) is 0. The average Bonchev–Trinajstić information content (AvgIpc) is 2.14. The van der Waals surface area contributed by atoms with Crippen molar-refractivity contribution in [2.24, 2.45) is 5.92 Å². The summed E-state index contributed by atoms with van der Waals surface area (Å²) in [5.41, 5.74) is 0. The third-order valence-electron chi connectivity index (χ3n) is 2.48. The predicted molar refractivity (Wildman–Crippen MR) is 62.0 cm³/mol. The third kappa shape index (κ3) is 8.08. The first-order valence-corrected chi connectivity index (χ1v) is 6.01. The quantitative estimate of drug-likeness (QED) is 0.368. The van der Waals surface area contributed by atoms with E-state index in [9.17, 15) is 0 Å². The van der Waals surface area contributed by atoms with Gasteiger partial charge in [0, 0.05) is 0 Å². The molecule has 0 heteroatoms. The zero-order chi connectivity index (χ0) is 9.94. The van der Waals surface area contributed by atoms with E-state index in [1.165, 1.54) is 44.9 Å². The van der Waals surface area contributed by atoms with Crippen LogP contribution in [0.4, 0.5) is 0 Å². The van der Waals surface area contributed by atoms with E-state index in [1.807, 2.05) is 0 Å². The van der Waals surface area contributed by atoms with Crippen molar-refractivity contribution >= 4 is 0 Å². The van der Waals surface area contributed by atoms with E-state index in [2.05, 4.69) is 32.9 Å². The van der Waals surface area contributed by atoms with Crippen molar-refractivity contribution in [3.63, 3.8) is 0 Å². The molecule has 0 heterocycles. The van der Waals surface area contributed by atoms with Crippen LogP contribution >= 0.6 is 0 Å². The predicted octanol–water partition coefficient (Wildman–Crippen LogP) is 4.95. The van der Waals surface area contributed by atoms with Crippen LogP contribution in [-0.2, 0) is 0 Å². The van der Waals surface area contributed by atoms with Gasteiger partial charge in [-0.05, 0) is 25.2 Å². The maximum atomic E-state index is 2.43. The number of allylic oxidation sites excluding steroid dienone is 2. The van der Waals surface area contributed by atoms with Crippen LogP contribution in [0.5, 0.6) is 0 Å². The Labute approximate surface area is 84.4 Å². The summed E-state index contributed by atoms with van der Waals surface area (Å²) < 4.78 is 0. The number of hydrogen-bond donors (Lipinski definition) is 0. The van der Waals surface area contributed by atoms with Crippen LogP contribution in [0, 0.1) is 5.92 Å². The van der Waals surface area contributed by atoms with Crippen molar-refractivity contribution in [3.8, 4) is 0 Å². The fourth-order valence-corrected chi connectivity index (χ4v) is 1.69. The summed E-state index contributed by atoms with van der Waals surface area (Å²) in [4.78, 5) is 0. The molecule has 13 heavy (non-hydrogen) atoms. The molecule has 0 nitrogen and oxygen atoms in total. The van der Waals surface area contributed by atoms with Crippen molar-refractivity contribution < 1.29 is 0 Å². The Morgan fingerprint density at radius 3 is 2.23 bits per heavy atom. The molecule has 0 spiro atoms. The first kappa shape index (κ1) is 12.7. The zero-order valence-corrected chi connectivity index (χ0v) is 9.68. The Kier molecular flexibility index (Phi) is 9.63. The number of hydrogen-bond acceptors (Lipinski definition) is 0. The highest BCUT2D eigenvalue weighted by molar-refractivity contribution is 4.87. The molecule has 0 aromatic carbocycles. The second-order valence-electron chi connectivity index (χ2n) is 3.88. The van der Waals surface area contributed by atoms with E-state index >= 15 is 0 Å². The normalized spacial score (nSPS) is 13.8.